The average Bonchev–Trinajstić information content (AvgIpc) is 3.27. The molecule has 24 heavy (non-hydrogen) atoms. The van der Waals surface area contributed by atoms with Gasteiger partial charge in [-0.3, -0.25) is 9.56 Å². The molecule has 0 aromatic carbocycles. The number of aromatic nitrogens is 3. The highest BCUT2D eigenvalue weighted by Gasteiger charge is 2.15. The monoisotopic (exact) mass is 328 g/mol. The number of guanidine groups is 1. The Hall–Kier alpha value is -2.41. The zero-order chi connectivity index (χ0) is 16.8. The molecule has 2 N–H and O–H groups in total. The van der Waals surface area contributed by atoms with E-state index in [1.807, 2.05) is 23.8 Å². The predicted molar refractivity (Wildman–Crippen MR) is 93.3 cm³/mol. The van der Waals surface area contributed by atoms with E-state index in [-0.39, 0.29) is 6.10 Å². The molecule has 3 rings (SSSR count). The fraction of sp³-hybridized carbons (Fsp3) is 0.471. The van der Waals surface area contributed by atoms with Gasteiger partial charge in [0.2, 0.25) is 0 Å². The van der Waals surface area contributed by atoms with Crippen molar-refractivity contribution in [2.45, 2.75) is 32.4 Å². The van der Waals surface area contributed by atoms with Crippen molar-refractivity contribution in [3.63, 3.8) is 0 Å². The Kier molecular flexibility index (Phi) is 5.43. The number of nitrogens with one attached hydrogen (secondary N) is 2. The fourth-order valence-corrected chi connectivity index (χ4v) is 2.80. The molecule has 1 saturated heterocycles. The molecule has 2 aromatic heterocycles. The summed E-state index contributed by atoms with van der Waals surface area (Å²) in [6, 6.07) is 4.00. The van der Waals surface area contributed by atoms with Crippen molar-refractivity contribution in [1.82, 2.24) is 25.2 Å². The van der Waals surface area contributed by atoms with Gasteiger partial charge >= 0.3 is 0 Å². The third-order valence-electron chi connectivity index (χ3n) is 4.11. The summed E-state index contributed by atoms with van der Waals surface area (Å²) in [5, 5.41) is 6.66. The number of ether oxygens (including phenoxy) is 1. The minimum absolute atomic E-state index is 0.283. The molecule has 0 radical (unpaired) electrons. The van der Waals surface area contributed by atoms with E-state index in [1.54, 1.807) is 19.4 Å². The van der Waals surface area contributed by atoms with Crippen LogP contribution >= 0.6 is 0 Å². The summed E-state index contributed by atoms with van der Waals surface area (Å²) in [4.78, 5) is 13.0. The number of aliphatic imine (C=N–C) groups is 1. The maximum Gasteiger partial charge on any atom is 0.191 e. The van der Waals surface area contributed by atoms with E-state index in [0.29, 0.717) is 6.54 Å². The Morgan fingerprint density at radius 3 is 3.00 bits per heavy atom. The first-order valence-electron chi connectivity index (χ1n) is 8.28. The van der Waals surface area contributed by atoms with E-state index in [2.05, 4.69) is 31.7 Å². The average molecular weight is 328 g/mol. The topological polar surface area (TPSA) is 76.4 Å². The first-order chi connectivity index (χ1) is 11.8. The third kappa shape index (κ3) is 3.91. The molecule has 0 saturated carbocycles. The van der Waals surface area contributed by atoms with E-state index >= 15 is 0 Å². The zero-order valence-electron chi connectivity index (χ0n) is 14.2. The van der Waals surface area contributed by atoms with Gasteiger partial charge in [-0.05, 0) is 25.8 Å². The largest absolute Gasteiger partial charge is 0.376 e. The lowest BCUT2D eigenvalue weighted by atomic mass is 10.2. The van der Waals surface area contributed by atoms with Gasteiger partial charge in [0.25, 0.3) is 0 Å². The molecule has 2 aromatic rings. The molecule has 128 valence electrons. The summed E-state index contributed by atoms with van der Waals surface area (Å²) in [5.41, 5.74) is 1.08. The summed E-state index contributed by atoms with van der Waals surface area (Å²) >= 11 is 0. The number of aryl methyl sites for hydroxylation is 1. The lowest BCUT2D eigenvalue weighted by molar-refractivity contribution is 0.114. The Morgan fingerprint density at radius 1 is 1.38 bits per heavy atom. The molecular weight excluding hydrogens is 304 g/mol. The molecule has 3 heterocycles. The maximum atomic E-state index is 5.63. The van der Waals surface area contributed by atoms with Crippen molar-refractivity contribution in [2.75, 3.05) is 20.2 Å². The highest BCUT2D eigenvalue weighted by molar-refractivity contribution is 5.79. The van der Waals surface area contributed by atoms with Gasteiger partial charge in [-0.1, -0.05) is 6.07 Å². The Balaban J connectivity index is 1.62. The number of nitrogens with zero attached hydrogens (tertiary/aromatic N) is 4. The Bertz CT molecular complexity index is 690. The molecule has 0 amide bonds. The quantitative estimate of drug-likeness (QED) is 0.641. The van der Waals surface area contributed by atoms with Gasteiger partial charge < -0.3 is 15.4 Å². The Morgan fingerprint density at radius 2 is 2.29 bits per heavy atom. The van der Waals surface area contributed by atoms with Gasteiger partial charge in [-0.2, -0.15) is 0 Å². The van der Waals surface area contributed by atoms with Crippen LogP contribution in [0.2, 0.25) is 0 Å². The molecule has 7 heteroatoms. The van der Waals surface area contributed by atoms with Crippen LogP contribution in [0.4, 0.5) is 0 Å². The van der Waals surface area contributed by atoms with Crippen LogP contribution in [0, 0.1) is 6.92 Å². The van der Waals surface area contributed by atoms with Crippen molar-refractivity contribution in [3.8, 4) is 5.82 Å². The lowest BCUT2D eigenvalue weighted by Gasteiger charge is -2.16. The molecule has 1 aliphatic rings. The molecule has 7 nitrogen and oxygen atoms in total. The van der Waals surface area contributed by atoms with E-state index < -0.39 is 0 Å². The van der Waals surface area contributed by atoms with Gasteiger partial charge in [0.15, 0.2) is 5.96 Å². The second kappa shape index (κ2) is 7.92. The predicted octanol–water partition coefficient (Wildman–Crippen LogP) is 1.42. The Labute approximate surface area is 142 Å². The van der Waals surface area contributed by atoms with Crippen molar-refractivity contribution in [2.24, 2.45) is 4.99 Å². The molecule has 1 aliphatic heterocycles. The van der Waals surface area contributed by atoms with Crippen molar-refractivity contribution >= 4 is 5.96 Å². The number of pyridine rings is 1. The second-order valence-corrected chi connectivity index (χ2v) is 5.77. The highest BCUT2D eigenvalue weighted by atomic mass is 16.5. The lowest BCUT2D eigenvalue weighted by Crippen LogP contribution is -2.40. The molecule has 1 unspecified atom stereocenters. The summed E-state index contributed by atoms with van der Waals surface area (Å²) in [5.74, 6) is 2.56. The normalized spacial score (nSPS) is 17.9. The van der Waals surface area contributed by atoms with Crippen LogP contribution in [0.5, 0.6) is 0 Å². The van der Waals surface area contributed by atoms with E-state index in [4.69, 9.17) is 4.74 Å². The zero-order valence-corrected chi connectivity index (χ0v) is 14.2. The van der Waals surface area contributed by atoms with E-state index in [1.165, 1.54) is 0 Å². The number of hydrogen-bond acceptors (Lipinski definition) is 4. The maximum absolute atomic E-state index is 5.63. The minimum atomic E-state index is 0.283. The summed E-state index contributed by atoms with van der Waals surface area (Å²) in [6.45, 7) is 4.24. The first kappa shape index (κ1) is 16.4. The first-order valence-corrected chi connectivity index (χ1v) is 8.28. The van der Waals surface area contributed by atoms with Gasteiger partial charge in [0.05, 0.1) is 6.10 Å². The minimum Gasteiger partial charge on any atom is -0.376 e. The molecule has 1 fully saturated rings. The van der Waals surface area contributed by atoms with E-state index in [9.17, 15) is 0 Å². The van der Waals surface area contributed by atoms with Crippen molar-refractivity contribution < 1.29 is 4.74 Å². The van der Waals surface area contributed by atoms with E-state index in [0.717, 1.165) is 49.2 Å². The summed E-state index contributed by atoms with van der Waals surface area (Å²) in [6.07, 6.45) is 8.03. The third-order valence-corrected chi connectivity index (χ3v) is 4.11. The van der Waals surface area contributed by atoms with Crippen LogP contribution in [0.25, 0.3) is 5.82 Å². The number of hydrogen-bond donors (Lipinski definition) is 2. The second-order valence-electron chi connectivity index (χ2n) is 5.77. The highest BCUT2D eigenvalue weighted by Crippen LogP contribution is 2.13. The summed E-state index contributed by atoms with van der Waals surface area (Å²) < 4.78 is 7.61. The van der Waals surface area contributed by atoms with Gasteiger partial charge in [-0.15, -0.1) is 0 Å². The van der Waals surface area contributed by atoms with Crippen LogP contribution in [0.1, 0.15) is 24.2 Å². The smallest absolute Gasteiger partial charge is 0.191 e. The van der Waals surface area contributed by atoms with Crippen LogP contribution in [-0.4, -0.2) is 46.8 Å². The number of rotatable bonds is 5. The molecular formula is C17H24N6O. The van der Waals surface area contributed by atoms with Crippen molar-refractivity contribution in [3.05, 3.63) is 42.1 Å². The van der Waals surface area contributed by atoms with Gasteiger partial charge in [0, 0.05) is 50.9 Å². The van der Waals surface area contributed by atoms with Crippen molar-refractivity contribution in [1.29, 1.82) is 0 Å². The molecule has 0 bridgehead atoms. The van der Waals surface area contributed by atoms with Crippen LogP contribution < -0.4 is 10.6 Å². The van der Waals surface area contributed by atoms with Gasteiger partial charge in [-0.25, -0.2) is 9.97 Å². The number of imidazole rings is 1. The SMILES string of the molecule is CN=C(NCc1cccnc1-n1ccnc1C)NCC1CCCO1. The van der Waals surface area contributed by atoms with Crippen LogP contribution in [-0.2, 0) is 11.3 Å². The van der Waals surface area contributed by atoms with Crippen LogP contribution in [0.15, 0.2) is 35.7 Å². The summed E-state index contributed by atoms with van der Waals surface area (Å²) in [7, 11) is 1.77. The molecule has 0 spiro atoms. The van der Waals surface area contributed by atoms with Gasteiger partial charge in [0.1, 0.15) is 11.6 Å². The molecule has 0 aliphatic carbocycles. The fourth-order valence-electron chi connectivity index (χ4n) is 2.80. The molecule has 1 atom stereocenters. The van der Waals surface area contributed by atoms with Crippen LogP contribution in [0.3, 0.4) is 0 Å². The standard InChI is InChI=1S/C17H24N6O/c1-13-19-8-9-23(13)16-14(5-3-7-20-16)11-21-17(18-2)22-12-15-6-4-10-24-15/h3,5,7-9,15H,4,6,10-12H2,1-2H3,(H2,18,21,22).